The molecule has 1 heterocycles. The molecule has 0 aliphatic heterocycles. The number of nitrogens with zero attached hydrogens (tertiary/aromatic N) is 1. The summed E-state index contributed by atoms with van der Waals surface area (Å²) in [6.45, 7) is 6.11. The van der Waals surface area contributed by atoms with E-state index >= 15 is 0 Å². The molecule has 2 unspecified atom stereocenters. The van der Waals surface area contributed by atoms with E-state index in [0.29, 0.717) is 17.5 Å². The number of benzene rings is 1. The number of hydrogen-bond donors (Lipinski definition) is 1. The first-order valence-electron chi connectivity index (χ1n) is 9.54. The molecule has 1 aliphatic rings. The van der Waals surface area contributed by atoms with Gasteiger partial charge in [-0.25, -0.2) is 4.39 Å². The largest absolute Gasteiger partial charge is 0.398 e. The Labute approximate surface area is 161 Å². The van der Waals surface area contributed by atoms with E-state index in [1.807, 2.05) is 18.3 Å². The molecule has 2 N–H and O–H groups in total. The SMILES string of the molecule is C=C/C=C(\C=C1\CCC(Cc2ccccn2)C(C)C1)c1cc(F)ccc1N. The van der Waals surface area contributed by atoms with E-state index in [0.717, 1.165) is 36.8 Å². The highest BCUT2D eigenvalue weighted by Crippen LogP contribution is 2.37. The normalized spacial score (nSPS) is 22.0. The van der Waals surface area contributed by atoms with Crippen molar-refractivity contribution in [2.24, 2.45) is 11.8 Å². The number of rotatable bonds is 5. The fourth-order valence-electron chi connectivity index (χ4n) is 3.90. The van der Waals surface area contributed by atoms with Crippen LogP contribution in [0.4, 0.5) is 10.1 Å². The molecule has 2 nitrogen and oxygen atoms in total. The summed E-state index contributed by atoms with van der Waals surface area (Å²) < 4.78 is 13.7. The maximum Gasteiger partial charge on any atom is 0.123 e. The second-order valence-electron chi connectivity index (χ2n) is 7.40. The van der Waals surface area contributed by atoms with E-state index in [4.69, 9.17) is 5.73 Å². The zero-order valence-corrected chi connectivity index (χ0v) is 15.9. The van der Waals surface area contributed by atoms with Gasteiger partial charge in [-0.1, -0.05) is 43.4 Å². The molecule has 3 heteroatoms. The van der Waals surface area contributed by atoms with Crippen LogP contribution in [0.2, 0.25) is 0 Å². The number of aromatic nitrogens is 1. The van der Waals surface area contributed by atoms with Crippen molar-refractivity contribution in [3.63, 3.8) is 0 Å². The van der Waals surface area contributed by atoms with Crippen LogP contribution in [-0.4, -0.2) is 4.98 Å². The van der Waals surface area contributed by atoms with Gasteiger partial charge in [0.15, 0.2) is 0 Å². The van der Waals surface area contributed by atoms with Crippen LogP contribution in [0, 0.1) is 17.7 Å². The summed E-state index contributed by atoms with van der Waals surface area (Å²) in [4.78, 5) is 4.47. The van der Waals surface area contributed by atoms with Crippen molar-refractivity contribution in [2.45, 2.75) is 32.6 Å². The van der Waals surface area contributed by atoms with Crippen LogP contribution in [0.3, 0.4) is 0 Å². The number of halogens is 1. The Morgan fingerprint density at radius 1 is 1.33 bits per heavy atom. The molecular formula is C24H27FN2. The standard InChI is InChI=1S/C24H27FN2/c1-3-6-20(23-16-21(25)10-11-24(23)26)14-18-8-9-19(17(2)13-18)15-22-7-4-5-12-27-22/h3-7,10-12,14,16-17,19H,1,8-9,13,15,26H2,2H3/b18-14-,20-6+. The Balaban J connectivity index is 1.76. The van der Waals surface area contributed by atoms with Crippen molar-refractivity contribution in [3.05, 3.63) is 90.0 Å². The molecule has 2 atom stereocenters. The third-order valence-corrected chi connectivity index (χ3v) is 5.41. The zero-order chi connectivity index (χ0) is 19.2. The van der Waals surface area contributed by atoms with Crippen LogP contribution in [-0.2, 0) is 6.42 Å². The molecule has 3 rings (SSSR count). The lowest BCUT2D eigenvalue weighted by Gasteiger charge is -2.30. The lowest BCUT2D eigenvalue weighted by Crippen LogP contribution is -2.20. The molecule has 27 heavy (non-hydrogen) atoms. The molecule has 0 bridgehead atoms. The first-order valence-corrected chi connectivity index (χ1v) is 9.54. The third-order valence-electron chi connectivity index (χ3n) is 5.41. The molecule has 1 saturated carbocycles. The molecule has 0 radical (unpaired) electrons. The van der Waals surface area contributed by atoms with Crippen molar-refractivity contribution in [2.75, 3.05) is 5.73 Å². The first-order chi connectivity index (χ1) is 13.1. The fourth-order valence-corrected chi connectivity index (χ4v) is 3.90. The summed E-state index contributed by atoms with van der Waals surface area (Å²) in [6, 6.07) is 10.6. The molecular weight excluding hydrogens is 335 g/mol. The molecule has 0 spiro atoms. The Bertz CT molecular complexity index is 852. The number of anilines is 1. The highest BCUT2D eigenvalue weighted by Gasteiger charge is 2.24. The predicted molar refractivity (Wildman–Crippen MR) is 112 cm³/mol. The molecule has 2 aromatic rings. The zero-order valence-electron chi connectivity index (χ0n) is 15.9. The summed E-state index contributed by atoms with van der Waals surface area (Å²) in [7, 11) is 0. The monoisotopic (exact) mass is 362 g/mol. The van der Waals surface area contributed by atoms with Crippen molar-refractivity contribution in [3.8, 4) is 0 Å². The van der Waals surface area contributed by atoms with Gasteiger partial charge in [-0.3, -0.25) is 4.98 Å². The number of pyridine rings is 1. The van der Waals surface area contributed by atoms with Crippen LogP contribution in [0.1, 0.15) is 37.4 Å². The highest BCUT2D eigenvalue weighted by atomic mass is 19.1. The minimum absolute atomic E-state index is 0.278. The molecule has 0 saturated heterocycles. The van der Waals surface area contributed by atoms with Crippen molar-refractivity contribution in [1.29, 1.82) is 0 Å². The number of nitrogen functional groups attached to an aromatic ring is 1. The number of hydrogen-bond acceptors (Lipinski definition) is 2. The molecule has 1 aromatic carbocycles. The summed E-state index contributed by atoms with van der Waals surface area (Å²) in [5, 5.41) is 0. The van der Waals surface area contributed by atoms with Gasteiger partial charge in [0.05, 0.1) is 0 Å². The quantitative estimate of drug-likeness (QED) is 0.525. The summed E-state index contributed by atoms with van der Waals surface area (Å²) in [5.74, 6) is 0.949. The van der Waals surface area contributed by atoms with E-state index in [-0.39, 0.29) is 5.82 Å². The Kier molecular flexibility index (Phi) is 6.23. The summed E-state index contributed by atoms with van der Waals surface area (Å²) in [5.41, 5.74) is 10.9. The van der Waals surface area contributed by atoms with Crippen LogP contribution in [0.5, 0.6) is 0 Å². The minimum atomic E-state index is -0.278. The molecule has 140 valence electrons. The number of allylic oxidation sites excluding steroid dienone is 5. The molecule has 1 fully saturated rings. The van der Waals surface area contributed by atoms with E-state index in [9.17, 15) is 4.39 Å². The van der Waals surface area contributed by atoms with Gasteiger partial charge in [0.25, 0.3) is 0 Å². The summed E-state index contributed by atoms with van der Waals surface area (Å²) >= 11 is 0. The molecule has 0 amide bonds. The van der Waals surface area contributed by atoms with Crippen LogP contribution in [0.25, 0.3) is 5.57 Å². The summed E-state index contributed by atoms with van der Waals surface area (Å²) in [6.07, 6.45) is 11.9. The van der Waals surface area contributed by atoms with E-state index in [1.54, 1.807) is 12.1 Å². The van der Waals surface area contributed by atoms with Gasteiger partial charge >= 0.3 is 0 Å². The topological polar surface area (TPSA) is 38.9 Å². The fraction of sp³-hybridized carbons (Fsp3) is 0.292. The maximum absolute atomic E-state index is 13.7. The molecule has 1 aliphatic carbocycles. The van der Waals surface area contributed by atoms with Crippen molar-refractivity contribution >= 4 is 11.3 Å². The lowest BCUT2D eigenvalue weighted by atomic mass is 9.75. The van der Waals surface area contributed by atoms with Crippen LogP contribution < -0.4 is 5.73 Å². The van der Waals surface area contributed by atoms with Crippen LogP contribution in [0.15, 0.2) is 73.0 Å². The molecule has 1 aromatic heterocycles. The average molecular weight is 362 g/mol. The Hall–Kier alpha value is -2.68. The Morgan fingerprint density at radius 2 is 2.19 bits per heavy atom. The van der Waals surface area contributed by atoms with Crippen LogP contribution >= 0.6 is 0 Å². The van der Waals surface area contributed by atoms with Gasteiger partial charge in [-0.15, -0.1) is 0 Å². The van der Waals surface area contributed by atoms with Gasteiger partial charge < -0.3 is 5.73 Å². The smallest absolute Gasteiger partial charge is 0.123 e. The Morgan fingerprint density at radius 3 is 2.89 bits per heavy atom. The van der Waals surface area contributed by atoms with Crippen molar-refractivity contribution in [1.82, 2.24) is 4.98 Å². The van der Waals surface area contributed by atoms with Gasteiger partial charge in [-0.2, -0.15) is 0 Å². The lowest BCUT2D eigenvalue weighted by molar-refractivity contribution is 0.294. The van der Waals surface area contributed by atoms with E-state index in [1.165, 1.54) is 23.4 Å². The van der Waals surface area contributed by atoms with Gasteiger partial charge in [0.1, 0.15) is 5.82 Å². The third kappa shape index (κ3) is 4.94. The van der Waals surface area contributed by atoms with Gasteiger partial charge in [-0.05, 0) is 73.4 Å². The number of nitrogens with two attached hydrogens (primary N) is 1. The van der Waals surface area contributed by atoms with Gasteiger partial charge in [0.2, 0.25) is 0 Å². The minimum Gasteiger partial charge on any atom is -0.398 e. The second kappa shape index (κ2) is 8.81. The second-order valence-corrected chi connectivity index (χ2v) is 7.40. The van der Waals surface area contributed by atoms with Crippen molar-refractivity contribution < 1.29 is 4.39 Å². The van der Waals surface area contributed by atoms with E-state index in [2.05, 4.69) is 36.7 Å². The first kappa shape index (κ1) is 19.1. The van der Waals surface area contributed by atoms with Gasteiger partial charge in [0, 0.05) is 23.1 Å². The maximum atomic E-state index is 13.7. The average Bonchev–Trinajstić information content (AvgIpc) is 2.66. The van der Waals surface area contributed by atoms with E-state index < -0.39 is 0 Å². The predicted octanol–water partition coefficient (Wildman–Crippen LogP) is 5.98. The highest BCUT2D eigenvalue weighted by molar-refractivity contribution is 5.82.